The van der Waals surface area contributed by atoms with Crippen molar-refractivity contribution in [3.8, 4) is 0 Å². The number of nitrogens with two attached hydrogens (primary N) is 1. The van der Waals surface area contributed by atoms with E-state index in [-0.39, 0.29) is 17.9 Å². The molecule has 1 saturated heterocycles. The monoisotopic (exact) mass is 308 g/mol. The first-order valence-corrected chi connectivity index (χ1v) is 8.29. The number of carbonyl (C=O) groups is 2. The lowest BCUT2D eigenvalue weighted by atomic mass is 10.0. The Balaban J connectivity index is 1.48. The van der Waals surface area contributed by atoms with Crippen molar-refractivity contribution in [1.82, 2.24) is 15.2 Å². The van der Waals surface area contributed by atoms with Crippen molar-refractivity contribution in [2.45, 2.75) is 38.3 Å². The molecule has 2 amide bonds. The van der Waals surface area contributed by atoms with Crippen LogP contribution in [0.3, 0.4) is 0 Å². The van der Waals surface area contributed by atoms with Crippen LogP contribution in [0.2, 0.25) is 0 Å². The van der Waals surface area contributed by atoms with Gasteiger partial charge in [0.1, 0.15) is 10.7 Å². The number of amides is 2. The van der Waals surface area contributed by atoms with Gasteiger partial charge in [0.2, 0.25) is 5.91 Å². The van der Waals surface area contributed by atoms with E-state index in [1.807, 2.05) is 4.90 Å². The summed E-state index contributed by atoms with van der Waals surface area (Å²) in [5.41, 5.74) is 5.94. The second kappa shape index (κ2) is 6.11. The van der Waals surface area contributed by atoms with Crippen molar-refractivity contribution >= 4 is 23.2 Å². The van der Waals surface area contributed by atoms with Crippen molar-refractivity contribution in [1.29, 1.82) is 0 Å². The Labute approximate surface area is 127 Å². The Morgan fingerprint density at radius 1 is 1.33 bits per heavy atom. The van der Waals surface area contributed by atoms with Crippen LogP contribution in [0.1, 0.15) is 41.2 Å². The van der Waals surface area contributed by atoms with E-state index in [9.17, 15) is 9.59 Å². The van der Waals surface area contributed by atoms with Gasteiger partial charge in [0.25, 0.3) is 5.91 Å². The van der Waals surface area contributed by atoms with Crippen molar-refractivity contribution in [2.75, 3.05) is 13.1 Å². The molecule has 2 fully saturated rings. The standard InChI is InChI=1S/C14H20N4O2S/c15-7-12-17-11(8-21-12)13(19)16-10-3-5-18(6-4-10)14(20)9-1-2-9/h8-10H,1-7,15H2,(H,16,19). The number of piperidine rings is 1. The van der Waals surface area contributed by atoms with Gasteiger partial charge in [0.05, 0.1) is 0 Å². The molecule has 6 nitrogen and oxygen atoms in total. The Morgan fingerprint density at radius 2 is 2.05 bits per heavy atom. The van der Waals surface area contributed by atoms with E-state index in [0.29, 0.717) is 18.1 Å². The Bertz CT molecular complexity index is 533. The molecule has 2 heterocycles. The lowest BCUT2D eigenvalue weighted by molar-refractivity contribution is -0.133. The van der Waals surface area contributed by atoms with Crippen molar-refractivity contribution in [2.24, 2.45) is 11.7 Å². The van der Waals surface area contributed by atoms with Crippen LogP contribution in [-0.4, -0.2) is 40.8 Å². The van der Waals surface area contributed by atoms with Crippen LogP contribution in [-0.2, 0) is 11.3 Å². The lowest BCUT2D eigenvalue weighted by Gasteiger charge is -2.32. The average molecular weight is 308 g/mol. The Kier molecular flexibility index (Phi) is 4.21. The zero-order valence-corrected chi connectivity index (χ0v) is 12.7. The lowest BCUT2D eigenvalue weighted by Crippen LogP contribution is -2.47. The fraction of sp³-hybridized carbons (Fsp3) is 0.643. The van der Waals surface area contributed by atoms with Crippen LogP contribution < -0.4 is 11.1 Å². The zero-order valence-electron chi connectivity index (χ0n) is 11.9. The van der Waals surface area contributed by atoms with Crippen LogP contribution in [0, 0.1) is 5.92 Å². The van der Waals surface area contributed by atoms with Crippen LogP contribution in [0.25, 0.3) is 0 Å². The largest absolute Gasteiger partial charge is 0.348 e. The van der Waals surface area contributed by atoms with E-state index in [2.05, 4.69) is 10.3 Å². The minimum absolute atomic E-state index is 0.128. The number of nitrogens with zero attached hydrogens (tertiary/aromatic N) is 2. The molecule has 1 aromatic rings. The zero-order chi connectivity index (χ0) is 14.8. The Morgan fingerprint density at radius 3 is 2.62 bits per heavy atom. The highest BCUT2D eigenvalue weighted by molar-refractivity contribution is 7.09. The van der Waals surface area contributed by atoms with Crippen molar-refractivity contribution < 1.29 is 9.59 Å². The highest BCUT2D eigenvalue weighted by atomic mass is 32.1. The fourth-order valence-electron chi connectivity index (χ4n) is 2.60. The number of nitrogens with one attached hydrogen (secondary N) is 1. The van der Waals surface area contributed by atoms with Crippen molar-refractivity contribution in [3.05, 3.63) is 16.1 Å². The number of thiazole rings is 1. The first-order chi connectivity index (χ1) is 10.2. The summed E-state index contributed by atoms with van der Waals surface area (Å²) in [4.78, 5) is 30.2. The van der Waals surface area contributed by atoms with Gasteiger partial charge in [0.15, 0.2) is 0 Å². The van der Waals surface area contributed by atoms with E-state index in [4.69, 9.17) is 5.73 Å². The summed E-state index contributed by atoms with van der Waals surface area (Å²) in [6, 6.07) is 0.128. The summed E-state index contributed by atoms with van der Waals surface area (Å²) in [5.74, 6) is 0.436. The molecule has 21 heavy (non-hydrogen) atoms. The molecule has 0 atom stereocenters. The summed E-state index contributed by atoms with van der Waals surface area (Å²) in [5, 5.41) is 5.51. The maximum Gasteiger partial charge on any atom is 0.270 e. The van der Waals surface area contributed by atoms with E-state index in [1.165, 1.54) is 11.3 Å². The maximum atomic E-state index is 12.1. The SMILES string of the molecule is NCc1nc(C(=O)NC2CCN(C(=O)C3CC3)CC2)cs1. The fourth-order valence-corrected chi connectivity index (χ4v) is 3.26. The summed E-state index contributed by atoms with van der Waals surface area (Å²) < 4.78 is 0. The number of hydrogen-bond donors (Lipinski definition) is 2. The van der Waals surface area contributed by atoms with Crippen LogP contribution in [0.4, 0.5) is 0 Å². The molecular weight excluding hydrogens is 288 g/mol. The Hall–Kier alpha value is -1.47. The predicted octanol–water partition coefficient (Wildman–Crippen LogP) is 0.733. The molecule has 1 aliphatic heterocycles. The van der Waals surface area contributed by atoms with E-state index < -0.39 is 0 Å². The van der Waals surface area contributed by atoms with Gasteiger partial charge in [0, 0.05) is 37.0 Å². The smallest absolute Gasteiger partial charge is 0.270 e. The first-order valence-electron chi connectivity index (χ1n) is 7.41. The topological polar surface area (TPSA) is 88.3 Å². The molecule has 2 aliphatic rings. The molecular formula is C14H20N4O2S. The number of aromatic nitrogens is 1. The molecule has 0 bridgehead atoms. The van der Waals surface area contributed by atoms with Gasteiger partial charge in [-0.05, 0) is 25.7 Å². The van der Waals surface area contributed by atoms with E-state index in [1.54, 1.807) is 5.38 Å². The molecule has 1 aromatic heterocycles. The second-order valence-corrected chi connectivity index (χ2v) is 6.62. The van der Waals surface area contributed by atoms with Gasteiger partial charge >= 0.3 is 0 Å². The average Bonchev–Trinajstić information content (AvgIpc) is 3.24. The summed E-state index contributed by atoms with van der Waals surface area (Å²) in [6.45, 7) is 1.84. The minimum atomic E-state index is -0.141. The molecule has 3 N–H and O–H groups in total. The molecule has 1 aliphatic carbocycles. The number of likely N-dealkylation sites (tertiary alicyclic amines) is 1. The van der Waals surface area contributed by atoms with Gasteiger partial charge in [-0.2, -0.15) is 0 Å². The third-order valence-corrected chi connectivity index (χ3v) is 4.90. The van der Waals surface area contributed by atoms with Crippen LogP contribution >= 0.6 is 11.3 Å². The molecule has 7 heteroatoms. The quantitative estimate of drug-likeness (QED) is 0.858. The normalized spacial score (nSPS) is 19.6. The molecule has 0 aromatic carbocycles. The summed E-state index contributed by atoms with van der Waals surface area (Å²) in [6.07, 6.45) is 3.72. The highest BCUT2D eigenvalue weighted by Gasteiger charge is 2.35. The summed E-state index contributed by atoms with van der Waals surface area (Å²) >= 11 is 1.40. The van der Waals surface area contributed by atoms with Gasteiger partial charge in [-0.3, -0.25) is 9.59 Å². The van der Waals surface area contributed by atoms with Gasteiger partial charge < -0.3 is 16.0 Å². The third kappa shape index (κ3) is 3.41. The minimum Gasteiger partial charge on any atom is -0.348 e. The van der Waals surface area contributed by atoms with Crippen LogP contribution in [0.15, 0.2) is 5.38 Å². The van der Waals surface area contributed by atoms with Gasteiger partial charge in [-0.15, -0.1) is 11.3 Å². The summed E-state index contributed by atoms with van der Waals surface area (Å²) in [7, 11) is 0. The van der Waals surface area contributed by atoms with E-state index >= 15 is 0 Å². The molecule has 114 valence electrons. The number of carbonyl (C=O) groups excluding carboxylic acids is 2. The van der Waals surface area contributed by atoms with Crippen LogP contribution in [0.5, 0.6) is 0 Å². The van der Waals surface area contributed by atoms with Gasteiger partial charge in [-0.25, -0.2) is 4.98 Å². The number of rotatable bonds is 4. The van der Waals surface area contributed by atoms with Crippen molar-refractivity contribution in [3.63, 3.8) is 0 Å². The molecule has 0 radical (unpaired) electrons. The maximum absolute atomic E-state index is 12.1. The second-order valence-electron chi connectivity index (χ2n) is 5.68. The highest BCUT2D eigenvalue weighted by Crippen LogP contribution is 2.31. The van der Waals surface area contributed by atoms with E-state index in [0.717, 1.165) is 43.8 Å². The predicted molar refractivity (Wildman–Crippen MR) is 79.8 cm³/mol. The molecule has 0 spiro atoms. The number of hydrogen-bond acceptors (Lipinski definition) is 5. The molecule has 3 rings (SSSR count). The first kappa shape index (κ1) is 14.5. The molecule has 1 saturated carbocycles. The third-order valence-electron chi connectivity index (χ3n) is 4.03. The van der Waals surface area contributed by atoms with Gasteiger partial charge in [-0.1, -0.05) is 0 Å². The molecule has 0 unspecified atom stereocenters.